The fourth-order valence-electron chi connectivity index (χ4n) is 3.25. The van der Waals surface area contributed by atoms with Crippen molar-refractivity contribution < 1.29 is 0 Å². The molecule has 0 aromatic carbocycles. The average molecular weight is 233 g/mol. The fraction of sp³-hybridized carbons (Fsp3) is 0.786. The van der Waals surface area contributed by atoms with E-state index in [1.54, 1.807) is 0 Å². The summed E-state index contributed by atoms with van der Waals surface area (Å²) in [6, 6.07) is 0. The molecular formula is C14H23N3. The number of aromatic nitrogens is 2. The number of piperidine rings is 1. The van der Waals surface area contributed by atoms with Gasteiger partial charge in [-0.1, -0.05) is 6.92 Å². The van der Waals surface area contributed by atoms with E-state index in [1.807, 2.05) is 0 Å². The van der Waals surface area contributed by atoms with Crippen LogP contribution in [0.1, 0.15) is 43.6 Å². The van der Waals surface area contributed by atoms with E-state index in [2.05, 4.69) is 29.6 Å². The van der Waals surface area contributed by atoms with E-state index in [4.69, 9.17) is 4.98 Å². The van der Waals surface area contributed by atoms with Gasteiger partial charge in [0.1, 0.15) is 5.82 Å². The number of nitrogens with zero attached hydrogens (tertiary/aromatic N) is 3. The van der Waals surface area contributed by atoms with E-state index in [1.165, 1.54) is 56.8 Å². The van der Waals surface area contributed by atoms with E-state index < -0.39 is 0 Å². The van der Waals surface area contributed by atoms with Gasteiger partial charge in [0.05, 0.1) is 0 Å². The molecule has 0 saturated carbocycles. The molecule has 3 heteroatoms. The summed E-state index contributed by atoms with van der Waals surface area (Å²) in [6.07, 6.45) is 7.23. The van der Waals surface area contributed by atoms with Gasteiger partial charge in [0, 0.05) is 24.4 Å². The van der Waals surface area contributed by atoms with Crippen LogP contribution in [0, 0.1) is 5.92 Å². The Morgan fingerprint density at radius 2 is 1.94 bits per heavy atom. The van der Waals surface area contributed by atoms with Gasteiger partial charge in [0.25, 0.3) is 0 Å². The van der Waals surface area contributed by atoms with Gasteiger partial charge < -0.3 is 9.47 Å². The molecule has 2 aliphatic heterocycles. The maximum absolute atomic E-state index is 4.73. The van der Waals surface area contributed by atoms with Crippen molar-refractivity contribution in [2.75, 3.05) is 20.1 Å². The van der Waals surface area contributed by atoms with Gasteiger partial charge in [-0.05, 0) is 51.7 Å². The van der Waals surface area contributed by atoms with E-state index in [0.717, 1.165) is 5.92 Å². The van der Waals surface area contributed by atoms with Gasteiger partial charge in [0.2, 0.25) is 0 Å². The summed E-state index contributed by atoms with van der Waals surface area (Å²) >= 11 is 0. The summed E-state index contributed by atoms with van der Waals surface area (Å²) in [6.45, 7) is 6.00. The van der Waals surface area contributed by atoms with Gasteiger partial charge in [-0.3, -0.25) is 0 Å². The van der Waals surface area contributed by atoms with Gasteiger partial charge in [-0.25, -0.2) is 4.98 Å². The first-order valence-electron chi connectivity index (χ1n) is 6.97. The molecule has 0 amide bonds. The van der Waals surface area contributed by atoms with E-state index in [0.29, 0.717) is 5.92 Å². The molecule has 3 nitrogen and oxygen atoms in total. The normalized spacial score (nSPS) is 27.1. The first-order chi connectivity index (χ1) is 8.24. The zero-order valence-electron chi connectivity index (χ0n) is 11.0. The second kappa shape index (κ2) is 4.45. The van der Waals surface area contributed by atoms with Crippen LogP contribution in [0.2, 0.25) is 0 Å². The van der Waals surface area contributed by atoms with Gasteiger partial charge in [-0.15, -0.1) is 0 Å². The fourth-order valence-corrected chi connectivity index (χ4v) is 3.25. The Labute approximate surface area is 104 Å². The van der Waals surface area contributed by atoms with Crippen molar-refractivity contribution in [1.29, 1.82) is 0 Å². The molecule has 2 aliphatic rings. The number of likely N-dealkylation sites (tertiary alicyclic amines) is 1. The topological polar surface area (TPSA) is 21.1 Å². The Balaban J connectivity index is 1.80. The smallest absolute Gasteiger partial charge is 0.112 e. The molecular weight excluding hydrogens is 210 g/mol. The maximum Gasteiger partial charge on any atom is 0.112 e. The van der Waals surface area contributed by atoms with Crippen LogP contribution in [0.4, 0.5) is 0 Å². The molecule has 1 unspecified atom stereocenters. The quantitative estimate of drug-likeness (QED) is 0.742. The molecule has 3 rings (SSSR count). The third-order valence-corrected chi connectivity index (χ3v) is 4.46. The molecule has 1 atom stereocenters. The monoisotopic (exact) mass is 233 g/mol. The third-order valence-electron chi connectivity index (χ3n) is 4.46. The van der Waals surface area contributed by atoms with E-state index in [-0.39, 0.29) is 0 Å². The molecule has 0 spiro atoms. The minimum atomic E-state index is 0.702. The lowest BCUT2D eigenvalue weighted by Gasteiger charge is -2.30. The summed E-state index contributed by atoms with van der Waals surface area (Å²) in [5.41, 5.74) is 1.47. The standard InChI is InChI=1S/C14H23N3/c1-11-3-8-17-13(9-11)10-15-14(17)12-4-6-16(2)7-5-12/h10-12H,3-9H2,1-2H3. The van der Waals surface area contributed by atoms with Gasteiger partial charge >= 0.3 is 0 Å². The van der Waals surface area contributed by atoms with Crippen LogP contribution in [0.15, 0.2) is 6.20 Å². The Morgan fingerprint density at radius 3 is 2.71 bits per heavy atom. The first kappa shape index (κ1) is 11.3. The van der Waals surface area contributed by atoms with Crippen molar-refractivity contribution in [3.05, 3.63) is 17.7 Å². The number of fused-ring (bicyclic) bond motifs is 1. The third kappa shape index (κ3) is 2.13. The van der Waals surface area contributed by atoms with Crippen LogP contribution in [0.3, 0.4) is 0 Å². The van der Waals surface area contributed by atoms with E-state index in [9.17, 15) is 0 Å². The first-order valence-corrected chi connectivity index (χ1v) is 6.97. The zero-order valence-corrected chi connectivity index (χ0v) is 11.0. The molecule has 17 heavy (non-hydrogen) atoms. The second-order valence-electron chi connectivity index (χ2n) is 5.93. The minimum Gasteiger partial charge on any atom is -0.332 e. The lowest BCUT2D eigenvalue weighted by Crippen LogP contribution is -2.31. The number of hydrogen-bond donors (Lipinski definition) is 0. The van der Waals surface area contributed by atoms with Gasteiger partial charge in [-0.2, -0.15) is 0 Å². The summed E-state index contributed by atoms with van der Waals surface area (Å²) in [5.74, 6) is 2.91. The molecule has 0 aliphatic carbocycles. The average Bonchev–Trinajstić information content (AvgIpc) is 2.73. The van der Waals surface area contributed by atoms with E-state index >= 15 is 0 Å². The highest BCUT2D eigenvalue weighted by Gasteiger charge is 2.25. The Kier molecular flexibility index (Phi) is 2.95. The van der Waals surface area contributed by atoms with Crippen molar-refractivity contribution in [1.82, 2.24) is 14.5 Å². The van der Waals surface area contributed by atoms with Crippen LogP contribution in [0.25, 0.3) is 0 Å². The van der Waals surface area contributed by atoms with Crippen LogP contribution < -0.4 is 0 Å². The summed E-state index contributed by atoms with van der Waals surface area (Å²) < 4.78 is 2.51. The Morgan fingerprint density at radius 1 is 1.18 bits per heavy atom. The maximum atomic E-state index is 4.73. The Hall–Kier alpha value is -0.830. The molecule has 0 bridgehead atoms. The molecule has 94 valence electrons. The lowest BCUT2D eigenvalue weighted by molar-refractivity contribution is 0.246. The molecule has 1 aromatic rings. The lowest BCUT2D eigenvalue weighted by atomic mass is 9.94. The number of imidazole rings is 1. The Bertz CT molecular complexity index is 388. The number of rotatable bonds is 1. The predicted octanol–water partition coefficient (Wildman–Crippen LogP) is 2.27. The largest absolute Gasteiger partial charge is 0.332 e. The highest BCUT2D eigenvalue weighted by atomic mass is 15.1. The molecule has 1 aromatic heterocycles. The van der Waals surface area contributed by atoms with Crippen LogP contribution in [-0.2, 0) is 13.0 Å². The SMILES string of the molecule is CC1CCn2c(cnc2C2CCN(C)CC2)C1. The summed E-state index contributed by atoms with van der Waals surface area (Å²) in [4.78, 5) is 7.15. The van der Waals surface area contributed by atoms with Crippen LogP contribution in [-0.4, -0.2) is 34.6 Å². The summed E-state index contributed by atoms with van der Waals surface area (Å²) in [5, 5.41) is 0. The molecule has 1 fully saturated rings. The highest BCUT2D eigenvalue weighted by Crippen LogP contribution is 2.30. The minimum absolute atomic E-state index is 0.702. The van der Waals surface area contributed by atoms with Crippen molar-refractivity contribution in [3.8, 4) is 0 Å². The van der Waals surface area contributed by atoms with Gasteiger partial charge in [0.15, 0.2) is 0 Å². The predicted molar refractivity (Wildman–Crippen MR) is 69.2 cm³/mol. The highest BCUT2D eigenvalue weighted by molar-refractivity contribution is 5.13. The zero-order chi connectivity index (χ0) is 11.8. The van der Waals surface area contributed by atoms with Crippen LogP contribution >= 0.6 is 0 Å². The van der Waals surface area contributed by atoms with Crippen molar-refractivity contribution >= 4 is 0 Å². The van der Waals surface area contributed by atoms with Crippen molar-refractivity contribution in [2.24, 2.45) is 5.92 Å². The molecule has 3 heterocycles. The second-order valence-corrected chi connectivity index (χ2v) is 5.93. The summed E-state index contributed by atoms with van der Waals surface area (Å²) in [7, 11) is 2.22. The molecule has 1 saturated heterocycles. The molecule has 0 N–H and O–H groups in total. The van der Waals surface area contributed by atoms with Crippen molar-refractivity contribution in [2.45, 2.75) is 45.1 Å². The van der Waals surface area contributed by atoms with Crippen LogP contribution in [0.5, 0.6) is 0 Å². The van der Waals surface area contributed by atoms with Crippen molar-refractivity contribution in [3.63, 3.8) is 0 Å². The number of hydrogen-bond acceptors (Lipinski definition) is 2. The molecule has 0 radical (unpaired) electrons.